The summed E-state index contributed by atoms with van der Waals surface area (Å²) in [5.41, 5.74) is 2.62. The van der Waals surface area contributed by atoms with Crippen LogP contribution in [-0.4, -0.2) is 30.7 Å². The van der Waals surface area contributed by atoms with Crippen LogP contribution in [0.3, 0.4) is 0 Å². The van der Waals surface area contributed by atoms with Crippen molar-refractivity contribution in [2.75, 3.05) is 19.7 Å². The lowest BCUT2D eigenvalue weighted by molar-refractivity contribution is 0.0747. The Hall–Kier alpha value is -1.17. The van der Waals surface area contributed by atoms with Crippen LogP contribution < -0.4 is 0 Å². The van der Waals surface area contributed by atoms with Crippen molar-refractivity contribution in [3.63, 3.8) is 0 Å². The van der Waals surface area contributed by atoms with Crippen molar-refractivity contribution in [2.24, 2.45) is 0 Å². The number of ether oxygens (including phenoxy) is 1. The molecule has 1 atom stereocenters. The minimum Gasteiger partial charge on any atom is -0.377 e. The summed E-state index contributed by atoms with van der Waals surface area (Å²) in [5.74, 6) is 0. The monoisotopic (exact) mass is 433 g/mol. The Morgan fingerprint density at radius 2 is 2.00 bits per heavy atom. The third-order valence-electron chi connectivity index (χ3n) is 4.25. The first kappa shape index (κ1) is 17.6. The molecule has 2 nitrogen and oxygen atoms in total. The van der Waals surface area contributed by atoms with Gasteiger partial charge in [0.15, 0.2) is 0 Å². The quantitative estimate of drug-likeness (QED) is 0.571. The normalized spacial score (nSPS) is 17.8. The predicted octanol–water partition coefficient (Wildman–Crippen LogP) is 4.99. The summed E-state index contributed by atoms with van der Waals surface area (Å²) in [6, 6.07) is 19.3. The van der Waals surface area contributed by atoms with Crippen LogP contribution in [0.5, 0.6) is 0 Å². The van der Waals surface area contributed by atoms with Gasteiger partial charge < -0.3 is 4.74 Å². The van der Waals surface area contributed by atoms with Gasteiger partial charge in [-0.1, -0.05) is 54.6 Å². The summed E-state index contributed by atoms with van der Waals surface area (Å²) in [6.45, 7) is 3.84. The van der Waals surface area contributed by atoms with Crippen LogP contribution in [0.1, 0.15) is 24.0 Å². The maximum atomic E-state index is 5.84. The molecule has 1 aliphatic rings. The standard InChI is InChI=1S/C21H24INO/c22-20-11-4-9-19(15-20)16-23(17-21-12-6-14-24-21)13-5-10-18-7-2-1-3-8-18/h1-5,7-11,15,21H,6,12-14,16-17H2. The summed E-state index contributed by atoms with van der Waals surface area (Å²) < 4.78 is 7.14. The van der Waals surface area contributed by atoms with Gasteiger partial charge in [0.1, 0.15) is 0 Å². The highest BCUT2D eigenvalue weighted by Gasteiger charge is 2.18. The van der Waals surface area contributed by atoms with Crippen molar-refractivity contribution < 1.29 is 4.74 Å². The van der Waals surface area contributed by atoms with E-state index in [4.69, 9.17) is 4.74 Å². The van der Waals surface area contributed by atoms with E-state index in [1.165, 1.54) is 27.5 Å². The van der Waals surface area contributed by atoms with Crippen LogP contribution in [0.15, 0.2) is 60.7 Å². The Labute approximate surface area is 158 Å². The van der Waals surface area contributed by atoms with E-state index in [1.807, 2.05) is 0 Å². The Morgan fingerprint density at radius 3 is 2.75 bits per heavy atom. The maximum absolute atomic E-state index is 5.84. The molecule has 1 fully saturated rings. The van der Waals surface area contributed by atoms with Crippen molar-refractivity contribution in [1.82, 2.24) is 4.90 Å². The number of benzene rings is 2. The second-order valence-electron chi connectivity index (χ2n) is 6.27. The summed E-state index contributed by atoms with van der Waals surface area (Å²) in [6.07, 6.45) is 7.24. The van der Waals surface area contributed by atoms with Crippen molar-refractivity contribution >= 4 is 28.7 Å². The number of rotatable bonds is 7. The number of nitrogens with zero attached hydrogens (tertiary/aromatic N) is 1. The fourth-order valence-corrected chi connectivity index (χ4v) is 3.68. The zero-order valence-electron chi connectivity index (χ0n) is 13.9. The molecule has 1 unspecified atom stereocenters. The van der Waals surface area contributed by atoms with Crippen LogP contribution in [0.4, 0.5) is 0 Å². The zero-order valence-corrected chi connectivity index (χ0v) is 16.1. The van der Waals surface area contributed by atoms with Gasteiger partial charge in [-0.2, -0.15) is 0 Å². The van der Waals surface area contributed by atoms with Crippen LogP contribution in [0.25, 0.3) is 6.08 Å². The minimum absolute atomic E-state index is 0.387. The molecule has 0 N–H and O–H groups in total. The SMILES string of the molecule is Ic1cccc(CN(CC=Cc2ccccc2)CC2CCCO2)c1. The molecule has 126 valence electrons. The molecule has 2 aromatic rings. The molecule has 3 heteroatoms. The van der Waals surface area contributed by atoms with Gasteiger partial charge in [0.2, 0.25) is 0 Å². The Balaban J connectivity index is 1.63. The van der Waals surface area contributed by atoms with Gasteiger partial charge in [-0.05, 0) is 58.7 Å². The minimum atomic E-state index is 0.387. The van der Waals surface area contributed by atoms with E-state index in [0.29, 0.717) is 6.10 Å². The smallest absolute Gasteiger partial charge is 0.0703 e. The van der Waals surface area contributed by atoms with Gasteiger partial charge in [-0.25, -0.2) is 0 Å². The van der Waals surface area contributed by atoms with Gasteiger partial charge in [0.05, 0.1) is 6.10 Å². The van der Waals surface area contributed by atoms with Crippen molar-refractivity contribution in [1.29, 1.82) is 0 Å². The van der Waals surface area contributed by atoms with Gasteiger partial charge in [0.25, 0.3) is 0 Å². The van der Waals surface area contributed by atoms with Crippen LogP contribution in [0, 0.1) is 3.57 Å². The van der Waals surface area contributed by atoms with Gasteiger partial charge >= 0.3 is 0 Å². The summed E-state index contributed by atoms with van der Waals surface area (Å²) >= 11 is 2.38. The first-order valence-electron chi connectivity index (χ1n) is 8.59. The molecular formula is C21H24INO. The number of hydrogen-bond acceptors (Lipinski definition) is 2. The molecule has 0 amide bonds. The second kappa shape index (κ2) is 9.35. The number of halogens is 1. The maximum Gasteiger partial charge on any atom is 0.0703 e. The van der Waals surface area contributed by atoms with Crippen LogP contribution in [0.2, 0.25) is 0 Å². The lowest BCUT2D eigenvalue weighted by Gasteiger charge is -2.24. The van der Waals surface area contributed by atoms with E-state index in [1.54, 1.807) is 0 Å². The summed E-state index contributed by atoms with van der Waals surface area (Å²) in [5, 5.41) is 0. The molecule has 0 spiro atoms. The highest BCUT2D eigenvalue weighted by Crippen LogP contribution is 2.16. The van der Waals surface area contributed by atoms with Gasteiger partial charge in [0, 0.05) is 29.8 Å². The zero-order chi connectivity index (χ0) is 16.6. The number of hydrogen-bond donors (Lipinski definition) is 0. The molecule has 0 saturated carbocycles. The van der Waals surface area contributed by atoms with Gasteiger partial charge in [-0.3, -0.25) is 4.90 Å². The van der Waals surface area contributed by atoms with E-state index in [2.05, 4.69) is 94.2 Å². The van der Waals surface area contributed by atoms with Crippen molar-refractivity contribution in [3.05, 3.63) is 75.4 Å². The fraction of sp³-hybridized carbons (Fsp3) is 0.333. The Kier molecular flexibility index (Phi) is 6.87. The fourth-order valence-electron chi connectivity index (χ4n) is 3.08. The molecule has 1 aliphatic heterocycles. The molecule has 0 radical (unpaired) electrons. The predicted molar refractivity (Wildman–Crippen MR) is 109 cm³/mol. The molecule has 2 aromatic carbocycles. The molecule has 24 heavy (non-hydrogen) atoms. The topological polar surface area (TPSA) is 12.5 Å². The molecular weight excluding hydrogens is 409 g/mol. The van der Waals surface area contributed by atoms with E-state index in [0.717, 1.165) is 26.2 Å². The van der Waals surface area contributed by atoms with E-state index >= 15 is 0 Å². The van der Waals surface area contributed by atoms with E-state index in [9.17, 15) is 0 Å². The molecule has 3 rings (SSSR count). The lowest BCUT2D eigenvalue weighted by Crippen LogP contribution is -2.32. The van der Waals surface area contributed by atoms with E-state index < -0.39 is 0 Å². The van der Waals surface area contributed by atoms with Crippen molar-refractivity contribution in [3.8, 4) is 0 Å². The molecule has 0 aromatic heterocycles. The van der Waals surface area contributed by atoms with E-state index in [-0.39, 0.29) is 0 Å². The Bertz CT molecular complexity index is 650. The average Bonchev–Trinajstić information content (AvgIpc) is 3.09. The molecule has 0 bridgehead atoms. The first-order chi connectivity index (χ1) is 11.8. The Morgan fingerprint density at radius 1 is 1.12 bits per heavy atom. The third kappa shape index (κ3) is 5.72. The molecule has 0 aliphatic carbocycles. The molecule has 1 heterocycles. The highest BCUT2D eigenvalue weighted by atomic mass is 127. The van der Waals surface area contributed by atoms with Gasteiger partial charge in [-0.15, -0.1) is 0 Å². The second-order valence-corrected chi connectivity index (χ2v) is 7.52. The van der Waals surface area contributed by atoms with Crippen molar-refractivity contribution in [2.45, 2.75) is 25.5 Å². The van der Waals surface area contributed by atoms with Crippen LogP contribution >= 0.6 is 22.6 Å². The van der Waals surface area contributed by atoms with Crippen LogP contribution in [-0.2, 0) is 11.3 Å². The lowest BCUT2D eigenvalue weighted by atomic mass is 10.1. The first-order valence-corrected chi connectivity index (χ1v) is 9.67. The average molecular weight is 433 g/mol. The molecule has 1 saturated heterocycles. The largest absolute Gasteiger partial charge is 0.377 e. The summed E-state index contributed by atoms with van der Waals surface area (Å²) in [7, 11) is 0. The highest BCUT2D eigenvalue weighted by molar-refractivity contribution is 14.1. The third-order valence-corrected chi connectivity index (χ3v) is 4.93. The summed E-state index contributed by atoms with van der Waals surface area (Å²) in [4.78, 5) is 2.49.